The Labute approximate surface area is 235 Å². The van der Waals surface area contributed by atoms with Crippen molar-refractivity contribution in [3.8, 4) is 5.75 Å². The summed E-state index contributed by atoms with van der Waals surface area (Å²) < 4.78 is 6.67. The van der Waals surface area contributed by atoms with E-state index < -0.39 is 0 Å². The van der Waals surface area contributed by atoms with Gasteiger partial charge in [0, 0.05) is 27.8 Å². The van der Waals surface area contributed by atoms with Crippen LogP contribution in [0.25, 0.3) is 0 Å². The molecule has 4 aromatic carbocycles. The second-order valence-electron chi connectivity index (χ2n) is 8.53. The molecule has 3 N–H and O–H groups in total. The van der Waals surface area contributed by atoms with Gasteiger partial charge in [0.05, 0.1) is 12.2 Å². The third kappa shape index (κ3) is 7.74. The minimum atomic E-state index is -0.388. The molecule has 0 radical (unpaired) electrons. The molecular weight excluding hydrogens is 562 g/mol. The van der Waals surface area contributed by atoms with Gasteiger partial charge in [-0.3, -0.25) is 14.9 Å². The van der Waals surface area contributed by atoms with Crippen molar-refractivity contribution in [1.82, 2.24) is 5.32 Å². The number of thiocarbonyl (C=S) groups is 1. The summed E-state index contributed by atoms with van der Waals surface area (Å²) in [6, 6.07) is 29.7. The van der Waals surface area contributed by atoms with Crippen LogP contribution in [-0.2, 0) is 6.42 Å². The number of aryl methyl sites for hydroxylation is 1. The Hall–Kier alpha value is -4.01. The van der Waals surface area contributed by atoms with Crippen molar-refractivity contribution in [2.24, 2.45) is 0 Å². The maximum atomic E-state index is 13.0. The number of benzene rings is 4. The van der Waals surface area contributed by atoms with Crippen molar-refractivity contribution in [2.45, 2.75) is 13.3 Å². The third-order valence-electron chi connectivity index (χ3n) is 5.59. The molecule has 0 saturated carbocycles. The van der Waals surface area contributed by atoms with E-state index in [4.69, 9.17) is 17.0 Å². The number of hydrogen-bond donors (Lipinski definition) is 3. The van der Waals surface area contributed by atoms with Gasteiger partial charge in [-0.05, 0) is 79.3 Å². The fourth-order valence-corrected chi connectivity index (χ4v) is 4.26. The van der Waals surface area contributed by atoms with Gasteiger partial charge >= 0.3 is 0 Å². The Morgan fingerprint density at radius 2 is 1.53 bits per heavy atom. The van der Waals surface area contributed by atoms with Crippen LogP contribution in [0.4, 0.5) is 11.4 Å². The number of rotatable bonds is 8. The van der Waals surface area contributed by atoms with Gasteiger partial charge < -0.3 is 15.4 Å². The van der Waals surface area contributed by atoms with Crippen molar-refractivity contribution in [1.29, 1.82) is 0 Å². The van der Waals surface area contributed by atoms with Gasteiger partial charge in [0.2, 0.25) is 0 Å². The van der Waals surface area contributed by atoms with E-state index in [-0.39, 0.29) is 16.9 Å². The first kappa shape index (κ1) is 27.0. The van der Waals surface area contributed by atoms with E-state index in [1.54, 1.807) is 42.5 Å². The quantitative estimate of drug-likeness (QED) is 0.198. The Morgan fingerprint density at radius 1 is 0.816 bits per heavy atom. The van der Waals surface area contributed by atoms with Crippen molar-refractivity contribution in [3.05, 3.63) is 124 Å². The molecule has 192 valence electrons. The SMILES string of the molecule is Cc1cccc(C(=O)Nc2ccc(NC(=S)NC(=O)c3cc(Br)ccc3OCCc3ccccc3)cc2)c1. The first-order chi connectivity index (χ1) is 18.4. The van der Waals surface area contributed by atoms with Crippen LogP contribution < -0.4 is 20.7 Å². The molecule has 6 nitrogen and oxygen atoms in total. The van der Waals surface area contributed by atoms with E-state index in [9.17, 15) is 9.59 Å². The number of carbonyl (C=O) groups excluding carboxylic acids is 2. The summed E-state index contributed by atoms with van der Waals surface area (Å²) in [4.78, 5) is 25.5. The van der Waals surface area contributed by atoms with Gasteiger partial charge in [0.15, 0.2) is 5.11 Å². The second-order valence-corrected chi connectivity index (χ2v) is 9.86. The normalized spacial score (nSPS) is 10.4. The molecule has 0 heterocycles. The molecule has 38 heavy (non-hydrogen) atoms. The summed E-state index contributed by atoms with van der Waals surface area (Å²) >= 11 is 8.77. The molecule has 0 aromatic heterocycles. The van der Waals surface area contributed by atoms with Crippen molar-refractivity contribution in [2.75, 3.05) is 17.2 Å². The molecule has 4 rings (SSSR count). The number of amides is 2. The van der Waals surface area contributed by atoms with Crippen molar-refractivity contribution in [3.63, 3.8) is 0 Å². The molecule has 0 unspecified atom stereocenters. The summed E-state index contributed by atoms with van der Waals surface area (Å²) in [5, 5.41) is 8.71. The molecular formula is C30H26BrN3O3S. The first-order valence-electron chi connectivity index (χ1n) is 11.9. The molecule has 0 saturated heterocycles. The van der Waals surface area contributed by atoms with Crippen LogP contribution in [0.15, 0.2) is 102 Å². The van der Waals surface area contributed by atoms with Gasteiger partial charge in [-0.1, -0.05) is 64.0 Å². The maximum absolute atomic E-state index is 13.0. The summed E-state index contributed by atoms with van der Waals surface area (Å²) in [7, 11) is 0. The van der Waals surface area contributed by atoms with Gasteiger partial charge in [0.1, 0.15) is 5.75 Å². The Kier molecular flexibility index (Phi) is 9.24. The lowest BCUT2D eigenvalue weighted by Gasteiger charge is -2.14. The molecule has 0 aliphatic rings. The van der Waals surface area contributed by atoms with Crippen LogP contribution in [0.5, 0.6) is 5.75 Å². The lowest BCUT2D eigenvalue weighted by Crippen LogP contribution is -2.34. The molecule has 8 heteroatoms. The molecule has 0 spiro atoms. The number of anilines is 2. The van der Waals surface area contributed by atoms with E-state index in [0.717, 1.165) is 22.0 Å². The van der Waals surface area contributed by atoms with E-state index >= 15 is 0 Å². The van der Waals surface area contributed by atoms with Gasteiger partial charge in [-0.2, -0.15) is 0 Å². The lowest BCUT2D eigenvalue weighted by molar-refractivity contribution is 0.0972. The predicted molar refractivity (Wildman–Crippen MR) is 159 cm³/mol. The summed E-state index contributed by atoms with van der Waals surface area (Å²) in [5.74, 6) is -0.105. The molecule has 0 aliphatic carbocycles. The van der Waals surface area contributed by atoms with Gasteiger partial charge in [-0.25, -0.2) is 0 Å². The zero-order valence-corrected chi connectivity index (χ0v) is 23.1. The van der Waals surface area contributed by atoms with E-state index in [1.165, 1.54) is 0 Å². The van der Waals surface area contributed by atoms with E-state index in [0.29, 0.717) is 34.9 Å². The Bertz CT molecular complexity index is 1440. The molecule has 0 bridgehead atoms. The fourth-order valence-electron chi connectivity index (χ4n) is 3.69. The largest absolute Gasteiger partial charge is 0.492 e. The monoisotopic (exact) mass is 587 g/mol. The van der Waals surface area contributed by atoms with Crippen LogP contribution in [-0.4, -0.2) is 23.5 Å². The molecule has 0 atom stereocenters. The number of halogens is 1. The summed E-state index contributed by atoms with van der Waals surface area (Å²) in [6.07, 6.45) is 0.722. The zero-order valence-electron chi connectivity index (χ0n) is 20.7. The lowest BCUT2D eigenvalue weighted by atomic mass is 10.1. The predicted octanol–water partition coefficient (Wildman–Crippen LogP) is 6.76. The smallest absolute Gasteiger partial charge is 0.261 e. The first-order valence-corrected chi connectivity index (χ1v) is 13.1. The number of carbonyl (C=O) groups is 2. The number of ether oxygens (including phenoxy) is 1. The molecule has 2 amide bonds. The average molecular weight is 589 g/mol. The summed E-state index contributed by atoms with van der Waals surface area (Å²) in [5.41, 5.74) is 4.43. The van der Waals surface area contributed by atoms with Gasteiger partial charge in [-0.15, -0.1) is 0 Å². The standard InChI is InChI=1S/C30H26BrN3O3S/c1-20-6-5-9-22(18-20)28(35)32-24-11-13-25(14-12-24)33-30(38)34-29(36)26-19-23(31)10-15-27(26)37-17-16-21-7-3-2-4-8-21/h2-15,18-19H,16-17H2,1H3,(H,32,35)(H2,33,34,36,38). The van der Waals surface area contributed by atoms with Crippen molar-refractivity contribution >= 4 is 56.4 Å². The highest BCUT2D eigenvalue weighted by Crippen LogP contribution is 2.24. The highest BCUT2D eigenvalue weighted by Gasteiger charge is 2.15. The molecule has 4 aromatic rings. The zero-order chi connectivity index (χ0) is 26.9. The Morgan fingerprint density at radius 3 is 2.24 bits per heavy atom. The highest BCUT2D eigenvalue weighted by atomic mass is 79.9. The maximum Gasteiger partial charge on any atom is 0.261 e. The van der Waals surface area contributed by atoms with Crippen molar-refractivity contribution < 1.29 is 14.3 Å². The van der Waals surface area contributed by atoms with E-state index in [2.05, 4.69) is 31.9 Å². The van der Waals surface area contributed by atoms with Gasteiger partial charge in [0.25, 0.3) is 11.8 Å². The van der Waals surface area contributed by atoms with Crippen LogP contribution in [0.3, 0.4) is 0 Å². The number of nitrogens with one attached hydrogen (secondary N) is 3. The topological polar surface area (TPSA) is 79.5 Å². The minimum Gasteiger partial charge on any atom is -0.492 e. The molecule has 0 fully saturated rings. The Balaban J connectivity index is 1.32. The average Bonchev–Trinajstić information content (AvgIpc) is 2.91. The minimum absolute atomic E-state index is 0.141. The van der Waals surface area contributed by atoms with E-state index in [1.807, 2.05) is 61.5 Å². The highest BCUT2D eigenvalue weighted by molar-refractivity contribution is 9.10. The second kappa shape index (κ2) is 13.0. The van der Waals surface area contributed by atoms with Crippen LogP contribution >= 0.6 is 28.1 Å². The van der Waals surface area contributed by atoms with Crippen LogP contribution in [0.1, 0.15) is 31.8 Å². The van der Waals surface area contributed by atoms with Crippen LogP contribution in [0.2, 0.25) is 0 Å². The fraction of sp³-hybridized carbons (Fsp3) is 0.100. The number of hydrogen-bond acceptors (Lipinski definition) is 4. The summed E-state index contributed by atoms with van der Waals surface area (Å²) in [6.45, 7) is 2.37. The van der Waals surface area contributed by atoms with Crippen LogP contribution in [0, 0.1) is 6.92 Å². The third-order valence-corrected chi connectivity index (χ3v) is 6.28. The molecule has 0 aliphatic heterocycles.